The van der Waals surface area contributed by atoms with E-state index < -0.39 is 36.4 Å². The maximum absolute atomic E-state index is 10.6. The van der Waals surface area contributed by atoms with Gasteiger partial charge < -0.3 is 25.5 Å². The highest BCUT2D eigenvalue weighted by Gasteiger charge is 2.39. The normalized spacial score (nSPS) is 18.0. The number of hydrogen-bond donors (Lipinski definition) is 4. The standard InChI is InChI=1S/C11H23N3.3C2HF3O2/c1-2-13-7-9-14(10-8-13)11-3-5-12-6-4-11;3*3-2(4,5)1(6)7/h11-12H,2-10H2,1H3;3*(H,6,7). The Morgan fingerprint density at radius 1 is 0.714 bits per heavy atom. The zero-order valence-electron chi connectivity index (χ0n) is 18.3. The van der Waals surface area contributed by atoms with Gasteiger partial charge in [0.05, 0.1) is 0 Å². The first kappa shape index (κ1) is 34.8. The predicted octanol–water partition coefficient (Wildman–Crippen LogP) is 2.28. The topological polar surface area (TPSA) is 130 Å². The van der Waals surface area contributed by atoms with E-state index in [9.17, 15) is 39.5 Å². The molecule has 0 aromatic carbocycles. The Bertz CT molecular complexity index is 586. The van der Waals surface area contributed by atoms with Gasteiger partial charge in [-0.15, -0.1) is 0 Å². The molecule has 0 radical (unpaired) electrons. The number of rotatable bonds is 2. The SMILES string of the molecule is CCN1CCN(C2CCNCC2)CC1.O=C(O)C(F)(F)F.O=C(O)C(F)(F)F.O=C(O)C(F)(F)F. The number of carbonyl (C=O) groups is 3. The number of halogens is 9. The fourth-order valence-electron chi connectivity index (χ4n) is 2.62. The van der Waals surface area contributed by atoms with E-state index in [1.54, 1.807) is 0 Å². The summed E-state index contributed by atoms with van der Waals surface area (Å²) in [5.41, 5.74) is 0. The summed E-state index contributed by atoms with van der Waals surface area (Å²) >= 11 is 0. The molecule has 0 atom stereocenters. The van der Waals surface area contributed by atoms with E-state index in [0.717, 1.165) is 6.04 Å². The number of alkyl halides is 9. The Balaban J connectivity index is 0. The van der Waals surface area contributed by atoms with Crippen LogP contribution >= 0.6 is 0 Å². The van der Waals surface area contributed by atoms with E-state index in [0.29, 0.717) is 0 Å². The maximum Gasteiger partial charge on any atom is 0.490 e. The van der Waals surface area contributed by atoms with Crippen LogP contribution in [0.25, 0.3) is 0 Å². The second-order valence-corrected chi connectivity index (χ2v) is 6.86. The van der Waals surface area contributed by atoms with Crippen LogP contribution in [0, 0.1) is 0 Å². The van der Waals surface area contributed by atoms with Crippen LogP contribution in [0.15, 0.2) is 0 Å². The van der Waals surface area contributed by atoms with Crippen molar-refractivity contribution < 1.29 is 69.2 Å². The molecule has 2 aliphatic rings. The number of piperazine rings is 1. The van der Waals surface area contributed by atoms with Crippen LogP contribution in [0.3, 0.4) is 0 Å². The molecule has 2 saturated heterocycles. The Labute approximate surface area is 193 Å². The van der Waals surface area contributed by atoms with Crippen LogP contribution in [0.4, 0.5) is 39.5 Å². The molecule has 0 aromatic rings. The average Bonchev–Trinajstić information content (AvgIpc) is 2.74. The number of aliphatic carboxylic acids is 3. The van der Waals surface area contributed by atoms with Crippen molar-refractivity contribution in [2.45, 2.75) is 44.3 Å². The fourth-order valence-corrected chi connectivity index (χ4v) is 2.62. The Kier molecular flexibility index (Phi) is 15.5. The minimum absolute atomic E-state index is 0.871. The van der Waals surface area contributed by atoms with Crippen molar-refractivity contribution in [3.63, 3.8) is 0 Å². The number of piperidine rings is 1. The molecule has 35 heavy (non-hydrogen) atoms. The van der Waals surface area contributed by atoms with E-state index >= 15 is 0 Å². The Morgan fingerprint density at radius 2 is 1.00 bits per heavy atom. The summed E-state index contributed by atoms with van der Waals surface area (Å²) < 4.78 is 95.2. The van der Waals surface area contributed by atoms with Gasteiger partial charge in [-0.1, -0.05) is 6.92 Å². The largest absolute Gasteiger partial charge is 0.490 e. The lowest BCUT2D eigenvalue weighted by molar-refractivity contribution is -0.193. The van der Waals surface area contributed by atoms with E-state index in [2.05, 4.69) is 22.0 Å². The molecule has 0 aromatic heterocycles. The molecule has 0 aliphatic carbocycles. The second kappa shape index (κ2) is 15.6. The van der Waals surface area contributed by atoms with Gasteiger partial charge in [0.25, 0.3) is 0 Å². The van der Waals surface area contributed by atoms with Gasteiger partial charge in [-0.2, -0.15) is 39.5 Å². The lowest BCUT2D eigenvalue weighted by Crippen LogP contribution is -2.52. The molecule has 2 rings (SSSR count). The minimum Gasteiger partial charge on any atom is -0.475 e. The van der Waals surface area contributed by atoms with Crippen molar-refractivity contribution in [1.29, 1.82) is 0 Å². The molecule has 0 spiro atoms. The van der Waals surface area contributed by atoms with E-state index in [-0.39, 0.29) is 0 Å². The van der Waals surface area contributed by atoms with Gasteiger partial charge in [0.15, 0.2) is 0 Å². The lowest BCUT2D eigenvalue weighted by Gasteiger charge is -2.40. The third kappa shape index (κ3) is 17.7. The predicted molar refractivity (Wildman–Crippen MR) is 101 cm³/mol. The molecule has 4 N–H and O–H groups in total. The zero-order valence-corrected chi connectivity index (χ0v) is 18.3. The van der Waals surface area contributed by atoms with Crippen molar-refractivity contribution >= 4 is 17.9 Å². The summed E-state index contributed by atoms with van der Waals surface area (Å²) in [6, 6.07) is 0.871. The monoisotopic (exact) mass is 539 g/mol. The number of carboxylic acids is 3. The Morgan fingerprint density at radius 3 is 1.23 bits per heavy atom. The maximum atomic E-state index is 10.6. The first-order valence-electron chi connectivity index (χ1n) is 9.80. The van der Waals surface area contributed by atoms with Crippen molar-refractivity contribution in [2.75, 3.05) is 45.8 Å². The molecule has 0 bridgehead atoms. The molecular formula is C17H26F9N3O6. The zero-order chi connectivity index (χ0) is 28.0. The highest BCUT2D eigenvalue weighted by Crippen LogP contribution is 2.15. The third-order valence-corrected chi connectivity index (χ3v) is 4.41. The number of hydrogen-bond acceptors (Lipinski definition) is 6. The molecule has 18 heteroatoms. The van der Waals surface area contributed by atoms with Crippen molar-refractivity contribution in [3.8, 4) is 0 Å². The number of carboxylic acid groups (broad SMARTS) is 3. The van der Waals surface area contributed by atoms with E-state index in [1.165, 1.54) is 58.7 Å². The fraction of sp³-hybridized carbons (Fsp3) is 0.824. The molecule has 9 nitrogen and oxygen atoms in total. The molecule has 0 amide bonds. The quantitative estimate of drug-likeness (QED) is 0.391. The summed E-state index contributed by atoms with van der Waals surface area (Å²) in [5.74, 6) is -8.27. The number of nitrogens with one attached hydrogen (secondary N) is 1. The summed E-state index contributed by atoms with van der Waals surface area (Å²) in [6.07, 6.45) is -12.5. The van der Waals surface area contributed by atoms with Crippen LogP contribution in [-0.2, 0) is 14.4 Å². The summed E-state index contributed by atoms with van der Waals surface area (Å²) in [5, 5.41) is 24.8. The highest BCUT2D eigenvalue weighted by atomic mass is 19.4. The first-order valence-corrected chi connectivity index (χ1v) is 9.80. The van der Waals surface area contributed by atoms with Gasteiger partial charge in [0.2, 0.25) is 0 Å². The molecule has 2 fully saturated rings. The van der Waals surface area contributed by atoms with Crippen LogP contribution in [0.5, 0.6) is 0 Å². The second-order valence-electron chi connectivity index (χ2n) is 6.86. The van der Waals surface area contributed by atoms with Crippen LogP contribution in [0.1, 0.15) is 19.8 Å². The van der Waals surface area contributed by atoms with Gasteiger partial charge in [0, 0.05) is 32.2 Å². The minimum atomic E-state index is -5.08. The van der Waals surface area contributed by atoms with Gasteiger partial charge in [0.1, 0.15) is 0 Å². The van der Waals surface area contributed by atoms with Gasteiger partial charge in [-0.25, -0.2) is 14.4 Å². The molecular weight excluding hydrogens is 513 g/mol. The van der Waals surface area contributed by atoms with Gasteiger partial charge >= 0.3 is 36.4 Å². The number of nitrogens with zero attached hydrogens (tertiary/aromatic N) is 2. The van der Waals surface area contributed by atoms with Crippen LogP contribution in [-0.4, -0.2) is 113 Å². The summed E-state index contributed by atoms with van der Waals surface area (Å²) in [7, 11) is 0. The van der Waals surface area contributed by atoms with Crippen LogP contribution < -0.4 is 5.32 Å². The van der Waals surface area contributed by atoms with Crippen molar-refractivity contribution in [1.82, 2.24) is 15.1 Å². The van der Waals surface area contributed by atoms with Gasteiger partial charge in [-0.05, 0) is 32.5 Å². The van der Waals surface area contributed by atoms with Gasteiger partial charge in [-0.3, -0.25) is 4.90 Å². The van der Waals surface area contributed by atoms with Crippen molar-refractivity contribution in [3.05, 3.63) is 0 Å². The van der Waals surface area contributed by atoms with E-state index in [1.807, 2.05) is 0 Å². The molecule has 208 valence electrons. The third-order valence-electron chi connectivity index (χ3n) is 4.41. The van der Waals surface area contributed by atoms with E-state index in [4.69, 9.17) is 29.7 Å². The molecule has 2 aliphatic heterocycles. The van der Waals surface area contributed by atoms with Crippen LogP contribution in [0.2, 0.25) is 0 Å². The summed E-state index contributed by atoms with van der Waals surface area (Å²) in [6.45, 7) is 11.1. The summed E-state index contributed by atoms with van der Waals surface area (Å²) in [4.78, 5) is 31.9. The molecule has 0 saturated carbocycles. The first-order chi connectivity index (χ1) is 15.7. The number of likely N-dealkylation sites (N-methyl/N-ethyl adjacent to an activating group) is 1. The van der Waals surface area contributed by atoms with Crippen molar-refractivity contribution in [2.24, 2.45) is 0 Å². The highest BCUT2D eigenvalue weighted by molar-refractivity contribution is 5.73. The molecule has 0 unspecified atom stereocenters. The average molecular weight is 539 g/mol. The lowest BCUT2D eigenvalue weighted by atomic mass is 10.0. The smallest absolute Gasteiger partial charge is 0.475 e. The molecule has 2 heterocycles. The Hall–Kier alpha value is -2.34.